The molecule has 1 aliphatic rings. The van der Waals surface area contributed by atoms with Crippen molar-refractivity contribution >= 4 is 15.7 Å². The maximum Gasteiger partial charge on any atom is 0.391 e. The highest BCUT2D eigenvalue weighted by atomic mass is 32.2. The minimum atomic E-state index is -4.38. The highest BCUT2D eigenvalue weighted by molar-refractivity contribution is 7.89. The average molecular weight is 382 g/mol. The van der Waals surface area contributed by atoms with Gasteiger partial charge in [-0.15, -0.1) is 0 Å². The van der Waals surface area contributed by atoms with Crippen molar-refractivity contribution in [1.29, 1.82) is 0 Å². The first kappa shape index (κ1) is 19.4. The second-order valence-electron chi connectivity index (χ2n) is 5.82. The molecule has 11 heteroatoms. The molecule has 2 rings (SSSR count). The first-order valence-corrected chi connectivity index (χ1v) is 8.94. The van der Waals surface area contributed by atoms with Crippen molar-refractivity contribution in [2.75, 3.05) is 7.11 Å². The third-order valence-electron chi connectivity index (χ3n) is 4.11. The molecule has 1 fully saturated rings. The van der Waals surface area contributed by atoms with E-state index in [1.54, 1.807) is 0 Å². The molecule has 1 N–H and O–H groups in total. The van der Waals surface area contributed by atoms with Crippen molar-refractivity contribution in [3.63, 3.8) is 0 Å². The van der Waals surface area contributed by atoms with Gasteiger partial charge in [-0.25, -0.2) is 13.1 Å². The summed E-state index contributed by atoms with van der Waals surface area (Å²) >= 11 is 0. The Morgan fingerprint density at radius 1 is 1.32 bits per heavy atom. The van der Waals surface area contributed by atoms with E-state index in [9.17, 15) is 31.7 Å². The number of nitro groups is 1. The first-order valence-electron chi connectivity index (χ1n) is 7.46. The minimum absolute atomic E-state index is 0.0398. The fourth-order valence-electron chi connectivity index (χ4n) is 2.87. The zero-order valence-corrected chi connectivity index (χ0v) is 14.1. The second kappa shape index (κ2) is 7.16. The number of hydrogen-bond acceptors (Lipinski definition) is 5. The van der Waals surface area contributed by atoms with Gasteiger partial charge < -0.3 is 4.74 Å². The zero-order chi connectivity index (χ0) is 18.8. The number of sulfonamides is 1. The van der Waals surface area contributed by atoms with Gasteiger partial charge in [0.05, 0.1) is 18.0 Å². The summed E-state index contributed by atoms with van der Waals surface area (Å²) in [6.45, 7) is 0. The lowest BCUT2D eigenvalue weighted by molar-refractivity contribution is -0.385. The summed E-state index contributed by atoms with van der Waals surface area (Å²) in [5.74, 6) is -1.69. The Kier molecular flexibility index (Phi) is 5.57. The quantitative estimate of drug-likeness (QED) is 0.623. The third-order valence-corrected chi connectivity index (χ3v) is 5.65. The fraction of sp³-hybridized carbons (Fsp3) is 0.571. The summed E-state index contributed by atoms with van der Waals surface area (Å²) in [5.41, 5.74) is -0.460. The van der Waals surface area contributed by atoms with E-state index < -0.39 is 43.7 Å². The summed E-state index contributed by atoms with van der Waals surface area (Å²) in [6, 6.07) is 2.14. The molecular formula is C14H17F3N2O5S. The average Bonchev–Trinajstić information content (AvgIpc) is 2.53. The van der Waals surface area contributed by atoms with Gasteiger partial charge in [-0.3, -0.25) is 10.1 Å². The maximum absolute atomic E-state index is 12.9. The molecule has 1 aliphatic carbocycles. The van der Waals surface area contributed by atoms with Crippen LogP contribution in [0.15, 0.2) is 23.1 Å². The van der Waals surface area contributed by atoms with Crippen LogP contribution in [0.4, 0.5) is 18.9 Å². The van der Waals surface area contributed by atoms with E-state index >= 15 is 0 Å². The SMILES string of the molecule is COc1ccc([N+](=O)[O-])cc1S(=O)(=O)N[C@H]1CCC[C@H](C(F)(F)F)C1. The molecule has 0 aromatic heterocycles. The first-order chi connectivity index (χ1) is 11.5. The minimum Gasteiger partial charge on any atom is -0.495 e. The molecule has 0 unspecified atom stereocenters. The van der Waals surface area contributed by atoms with E-state index in [4.69, 9.17) is 4.74 Å². The van der Waals surface area contributed by atoms with Crippen LogP contribution < -0.4 is 9.46 Å². The highest BCUT2D eigenvalue weighted by Crippen LogP contribution is 2.38. The van der Waals surface area contributed by atoms with Crippen molar-refractivity contribution in [1.82, 2.24) is 4.72 Å². The van der Waals surface area contributed by atoms with Gasteiger partial charge in [0, 0.05) is 18.2 Å². The van der Waals surface area contributed by atoms with Gasteiger partial charge in [-0.1, -0.05) is 6.42 Å². The van der Waals surface area contributed by atoms with E-state index in [1.165, 1.54) is 7.11 Å². The molecule has 0 heterocycles. The van der Waals surface area contributed by atoms with Crippen LogP contribution in [0, 0.1) is 16.0 Å². The van der Waals surface area contributed by atoms with Gasteiger partial charge in [-0.05, 0) is 25.3 Å². The lowest BCUT2D eigenvalue weighted by atomic mass is 9.86. The van der Waals surface area contributed by atoms with Crippen LogP contribution in [0.1, 0.15) is 25.7 Å². The van der Waals surface area contributed by atoms with Gasteiger partial charge in [0.25, 0.3) is 5.69 Å². The number of hydrogen-bond donors (Lipinski definition) is 1. The number of non-ortho nitro benzene ring substituents is 1. The van der Waals surface area contributed by atoms with Crippen LogP contribution in [0.25, 0.3) is 0 Å². The fourth-order valence-corrected chi connectivity index (χ4v) is 4.34. The molecule has 25 heavy (non-hydrogen) atoms. The number of benzene rings is 1. The Morgan fingerprint density at radius 2 is 2.00 bits per heavy atom. The number of nitro benzene ring substituents is 1. The molecule has 0 bridgehead atoms. The Bertz CT molecular complexity index is 751. The third kappa shape index (κ3) is 4.60. The Morgan fingerprint density at radius 3 is 2.56 bits per heavy atom. The van der Waals surface area contributed by atoms with E-state index in [0.29, 0.717) is 0 Å². The summed E-state index contributed by atoms with van der Waals surface area (Å²) in [4.78, 5) is 9.61. The van der Waals surface area contributed by atoms with E-state index in [-0.39, 0.29) is 31.4 Å². The van der Waals surface area contributed by atoms with Crippen LogP contribution in [-0.4, -0.2) is 32.7 Å². The van der Waals surface area contributed by atoms with E-state index in [0.717, 1.165) is 18.2 Å². The number of nitrogens with one attached hydrogen (secondary N) is 1. The Labute approximate surface area is 142 Å². The predicted octanol–water partition coefficient (Wildman–Crippen LogP) is 3.00. The molecule has 0 amide bonds. The van der Waals surface area contributed by atoms with Crippen molar-refractivity contribution in [3.05, 3.63) is 28.3 Å². The monoisotopic (exact) mass is 382 g/mol. The molecule has 1 aromatic carbocycles. The maximum atomic E-state index is 12.9. The molecule has 2 atom stereocenters. The van der Waals surface area contributed by atoms with Gasteiger partial charge in [0.2, 0.25) is 10.0 Å². The molecule has 0 saturated heterocycles. The van der Waals surface area contributed by atoms with Crippen molar-refractivity contribution in [2.45, 2.75) is 42.8 Å². The molecule has 140 valence electrons. The van der Waals surface area contributed by atoms with Crippen LogP contribution in [0.3, 0.4) is 0 Å². The largest absolute Gasteiger partial charge is 0.495 e. The normalized spacial score (nSPS) is 21.8. The van der Waals surface area contributed by atoms with E-state index in [1.807, 2.05) is 0 Å². The molecule has 1 saturated carbocycles. The van der Waals surface area contributed by atoms with Gasteiger partial charge in [-0.2, -0.15) is 13.2 Å². The lowest BCUT2D eigenvalue weighted by Gasteiger charge is -2.30. The predicted molar refractivity (Wildman–Crippen MR) is 81.8 cm³/mol. The number of rotatable bonds is 5. The molecule has 0 aliphatic heterocycles. The smallest absolute Gasteiger partial charge is 0.391 e. The highest BCUT2D eigenvalue weighted by Gasteiger charge is 2.43. The number of halogens is 3. The number of alkyl halides is 3. The van der Waals surface area contributed by atoms with Crippen LogP contribution in [0.5, 0.6) is 5.75 Å². The second-order valence-corrected chi connectivity index (χ2v) is 7.50. The summed E-state index contributed by atoms with van der Waals surface area (Å²) in [5, 5.41) is 10.8. The lowest BCUT2D eigenvalue weighted by Crippen LogP contribution is -2.41. The van der Waals surface area contributed by atoms with Crippen LogP contribution >= 0.6 is 0 Å². The molecule has 7 nitrogen and oxygen atoms in total. The van der Waals surface area contributed by atoms with E-state index in [2.05, 4.69) is 4.72 Å². The van der Waals surface area contributed by atoms with Gasteiger partial charge >= 0.3 is 6.18 Å². The Hall–Kier alpha value is -1.88. The zero-order valence-electron chi connectivity index (χ0n) is 13.2. The van der Waals surface area contributed by atoms with Gasteiger partial charge in [0.1, 0.15) is 10.6 Å². The summed E-state index contributed by atoms with van der Waals surface area (Å²) in [7, 11) is -3.08. The van der Waals surface area contributed by atoms with Crippen molar-refractivity contribution < 1.29 is 31.2 Å². The van der Waals surface area contributed by atoms with Crippen LogP contribution in [-0.2, 0) is 10.0 Å². The number of methoxy groups -OCH3 is 1. The molecule has 1 aromatic rings. The van der Waals surface area contributed by atoms with Crippen LogP contribution in [0.2, 0.25) is 0 Å². The summed E-state index contributed by atoms with van der Waals surface area (Å²) < 4.78 is 70.7. The molecule has 0 radical (unpaired) electrons. The topological polar surface area (TPSA) is 98.5 Å². The Balaban J connectivity index is 2.27. The molecule has 0 spiro atoms. The number of nitrogens with zero attached hydrogens (tertiary/aromatic N) is 1. The van der Waals surface area contributed by atoms with Crippen molar-refractivity contribution in [3.8, 4) is 5.75 Å². The standard InChI is InChI=1S/C14H17F3N2O5S/c1-24-12-6-5-11(19(20)21)8-13(12)25(22,23)18-10-4-2-3-9(7-10)14(15,16)17/h5-6,8-10,18H,2-4,7H2,1H3/t9-,10-/m0/s1. The number of ether oxygens (including phenoxy) is 1. The van der Waals surface area contributed by atoms with Gasteiger partial charge in [0.15, 0.2) is 0 Å². The molecular weight excluding hydrogens is 365 g/mol. The van der Waals surface area contributed by atoms with Crippen molar-refractivity contribution in [2.24, 2.45) is 5.92 Å². The summed E-state index contributed by atoms with van der Waals surface area (Å²) in [6.07, 6.45) is -4.28.